The highest BCUT2D eigenvalue weighted by atomic mass is 16.2. The van der Waals surface area contributed by atoms with E-state index in [-0.39, 0.29) is 12.2 Å². The third-order valence-electron chi connectivity index (χ3n) is 2.38. The molecule has 1 amide bonds. The number of hydrogen-bond donors (Lipinski definition) is 1. The number of amides is 1. The van der Waals surface area contributed by atoms with Crippen LogP contribution in [0.15, 0.2) is 23.3 Å². The largest absolute Gasteiger partial charge is 0.346 e. The Labute approximate surface area is 104 Å². The average molecular weight is 237 g/mol. The molecule has 0 aliphatic heterocycles. The second kappa shape index (κ2) is 8.74. The summed E-state index contributed by atoms with van der Waals surface area (Å²) >= 11 is 0. The maximum atomic E-state index is 11.2. The van der Waals surface area contributed by atoms with E-state index in [0.29, 0.717) is 6.54 Å². The Morgan fingerprint density at radius 1 is 1.12 bits per heavy atom. The first-order valence-electron chi connectivity index (χ1n) is 6.07. The van der Waals surface area contributed by atoms with E-state index >= 15 is 0 Å². The van der Waals surface area contributed by atoms with Gasteiger partial charge in [0.1, 0.15) is 0 Å². The summed E-state index contributed by atoms with van der Waals surface area (Å²) in [5.41, 5.74) is 2.55. The molecule has 0 radical (unpaired) electrons. The molecule has 3 heteroatoms. The first kappa shape index (κ1) is 15.6. The molecule has 0 unspecified atom stereocenters. The van der Waals surface area contributed by atoms with Crippen LogP contribution < -0.4 is 5.32 Å². The Bertz CT molecular complexity index is 323. The summed E-state index contributed by atoms with van der Waals surface area (Å²) in [6.07, 6.45) is 6.42. The predicted molar refractivity (Wildman–Crippen MR) is 70.7 cm³/mol. The third kappa shape index (κ3) is 8.43. The van der Waals surface area contributed by atoms with Crippen LogP contribution in [0.3, 0.4) is 0 Å². The van der Waals surface area contributed by atoms with Crippen LogP contribution in [0.5, 0.6) is 0 Å². The Morgan fingerprint density at radius 2 is 1.76 bits per heavy atom. The van der Waals surface area contributed by atoms with E-state index in [0.717, 1.165) is 12.8 Å². The second-order valence-electron chi connectivity index (χ2n) is 4.36. The summed E-state index contributed by atoms with van der Waals surface area (Å²) in [5.74, 6) is -0.846. The lowest BCUT2D eigenvalue weighted by molar-refractivity contribution is -0.137. The van der Waals surface area contributed by atoms with Crippen molar-refractivity contribution in [3.05, 3.63) is 23.3 Å². The van der Waals surface area contributed by atoms with Crippen molar-refractivity contribution in [3.63, 3.8) is 0 Å². The SMILES string of the molecule is CCC(=O)C(=O)NC/C=C(/C)CCC=C(C)C. The van der Waals surface area contributed by atoms with Crippen LogP contribution in [0, 0.1) is 0 Å². The van der Waals surface area contributed by atoms with E-state index in [4.69, 9.17) is 0 Å². The third-order valence-corrected chi connectivity index (χ3v) is 2.38. The van der Waals surface area contributed by atoms with Crippen LogP contribution in [0.1, 0.15) is 47.0 Å². The van der Waals surface area contributed by atoms with Crippen LogP contribution in [-0.2, 0) is 9.59 Å². The number of Topliss-reactive ketones (excluding diaryl/α,β-unsaturated/α-hetero) is 1. The predicted octanol–water partition coefficient (Wildman–Crippen LogP) is 2.77. The van der Waals surface area contributed by atoms with Gasteiger partial charge in [0.15, 0.2) is 0 Å². The lowest BCUT2D eigenvalue weighted by Gasteiger charge is -2.02. The molecular formula is C14H23NO2. The summed E-state index contributed by atoms with van der Waals surface area (Å²) in [7, 11) is 0. The minimum absolute atomic E-state index is 0.259. The van der Waals surface area contributed by atoms with E-state index in [1.165, 1.54) is 11.1 Å². The molecule has 0 aliphatic rings. The number of carbonyl (C=O) groups is 2. The molecule has 0 aromatic rings. The van der Waals surface area contributed by atoms with Crippen molar-refractivity contribution < 1.29 is 9.59 Å². The second-order valence-corrected chi connectivity index (χ2v) is 4.36. The van der Waals surface area contributed by atoms with Crippen molar-refractivity contribution in [3.8, 4) is 0 Å². The van der Waals surface area contributed by atoms with E-state index in [2.05, 4.69) is 25.2 Å². The molecule has 1 N–H and O–H groups in total. The van der Waals surface area contributed by atoms with Crippen molar-refractivity contribution in [2.45, 2.75) is 47.0 Å². The van der Waals surface area contributed by atoms with Gasteiger partial charge in [-0.1, -0.05) is 30.2 Å². The Morgan fingerprint density at radius 3 is 2.29 bits per heavy atom. The molecule has 0 saturated heterocycles. The van der Waals surface area contributed by atoms with Gasteiger partial charge in [-0.2, -0.15) is 0 Å². The Kier molecular flexibility index (Phi) is 8.03. The van der Waals surface area contributed by atoms with Gasteiger partial charge in [0.2, 0.25) is 5.78 Å². The monoisotopic (exact) mass is 237 g/mol. The zero-order chi connectivity index (χ0) is 13.3. The number of nitrogens with one attached hydrogen (secondary N) is 1. The quantitative estimate of drug-likeness (QED) is 0.546. The molecule has 0 atom stereocenters. The standard InChI is InChI=1S/C14H23NO2/c1-5-13(16)14(17)15-10-9-12(4)8-6-7-11(2)3/h7,9H,5-6,8,10H2,1-4H3,(H,15,17)/b12-9-. The van der Waals surface area contributed by atoms with Crippen molar-refractivity contribution in [2.24, 2.45) is 0 Å². The normalized spacial score (nSPS) is 10.9. The van der Waals surface area contributed by atoms with Crippen molar-refractivity contribution >= 4 is 11.7 Å². The van der Waals surface area contributed by atoms with Gasteiger partial charge in [-0.15, -0.1) is 0 Å². The van der Waals surface area contributed by atoms with Crippen LogP contribution in [-0.4, -0.2) is 18.2 Å². The highest BCUT2D eigenvalue weighted by Crippen LogP contribution is 2.05. The molecule has 0 heterocycles. The first-order chi connectivity index (χ1) is 7.97. The molecule has 3 nitrogen and oxygen atoms in total. The minimum atomic E-state index is -0.485. The number of carbonyl (C=O) groups excluding carboxylic acids is 2. The lowest BCUT2D eigenvalue weighted by Crippen LogP contribution is -2.30. The lowest BCUT2D eigenvalue weighted by atomic mass is 10.1. The summed E-state index contributed by atoms with van der Waals surface area (Å²) in [5, 5.41) is 2.58. The molecule has 0 aromatic carbocycles. The molecule has 0 saturated carbocycles. The number of hydrogen-bond acceptors (Lipinski definition) is 2. The molecule has 0 bridgehead atoms. The number of rotatable bonds is 7. The van der Waals surface area contributed by atoms with Crippen LogP contribution in [0.25, 0.3) is 0 Å². The minimum Gasteiger partial charge on any atom is -0.346 e. The summed E-state index contributed by atoms with van der Waals surface area (Å²) in [6.45, 7) is 8.31. The van der Waals surface area contributed by atoms with Crippen molar-refractivity contribution in [1.29, 1.82) is 0 Å². The number of allylic oxidation sites excluding steroid dienone is 3. The summed E-state index contributed by atoms with van der Waals surface area (Å²) < 4.78 is 0. The maximum Gasteiger partial charge on any atom is 0.287 e. The van der Waals surface area contributed by atoms with Gasteiger partial charge in [0.25, 0.3) is 5.91 Å². The van der Waals surface area contributed by atoms with Crippen molar-refractivity contribution in [1.82, 2.24) is 5.32 Å². The molecule has 0 rings (SSSR count). The smallest absolute Gasteiger partial charge is 0.287 e. The molecule has 17 heavy (non-hydrogen) atoms. The zero-order valence-electron chi connectivity index (χ0n) is 11.3. The van der Waals surface area contributed by atoms with Gasteiger partial charge in [0, 0.05) is 13.0 Å². The summed E-state index contributed by atoms with van der Waals surface area (Å²) in [4.78, 5) is 22.2. The number of ketones is 1. The maximum absolute atomic E-state index is 11.2. The van der Waals surface area contributed by atoms with Gasteiger partial charge in [-0.3, -0.25) is 9.59 Å². The zero-order valence-corrected chi connectivity index (χ0v) is 11.3. The molecule has 0 fully saturated rings. The van der Waals surface area contributed by atoms with Gasteiger partial charge >= 0.3 is 0 Å². The van der Waals surface area contributed by atoms with Crippen LogP contribution >= 0.6 is 0 Å². The first-order valence-corrected chi connectivity index (χ1v) is 6.07. The highest BCUT2D eigenvalue weighted by molar-refractivity contribution is 6.36. The summed E-state index contributed by atoms with van der Waals surface area (Å²) in [6, 6.07) is 0. The highest BCUT2D eigenvalue weighted by Gasteiger charge is 2.08. The van der Waals surface area contributed by atoms with Crippen LogP contribution in [0.2, 0.25) is 0 Å². The van der Waals surface area contributed by atoms with E-state index in [1.54, 1.807) is 6.92 Å². The van der Waals surface area contributed by atoms with Gasteiger partial charge in [0.05, 0.1) is 0 Å². The van der Waals surface area contributed by atoms with Gasteiger partial charge < -0.3 is 5.32 Å². The fourth-order valence-corrected chi connectivity index (χ4v) is 1.27. The fraction of sp³-hybridized carbons (Fsp3) is 0.571. The topological polar surface area (TPSA) is 46.2 Å². The molecule has 96 valence electrons. The Hall–Kier alpha value is -1.38. The van der Waals surface area contributed by atoms with E-state index < -0.39 is 5.91 Å². The van der Waals surface area contributed by atoms with Crippen molar-refractivity contribution in [2.75, 3.05) is 6.54 Å². The fourth-order valence-electron chi connectivity index (χ4n) is 1.27. The molecule has 0 aliphatic carbocycles. The van der Waals surface area contributed by atoms with Gasteiger partial charge in [-0.05, 0) is 33.6 Å². The van der Waals surface area contributed by atoms with Gasteiger partial charge in [-0.25, -0.2) is 0 Å². The van der Waals surface area contributed by atoms with Crippen LogP contribution in [0.4, 0.5) is 0 Å². The average Bonchev–Trinajstić information content (AvgIpc) is 2.27. The van der Waals surface area contributed by atoms with E-state index in [1.807, 2.05) is 13.0 Å². The molecule has 0 aromatic heterocycles. The van der Waals surface area contributed by atoms with E-state index in [9.17, 15) is 9.59 Å². The molecule has 0 spiro atoms. The molecular weight excluding hydrogens is 214 g/mol. The Balaban J connectivity index is 3.88.